The van der Waals surface area contributed by atoms with Crippen molar-refractivity contribution in [2.24, 2.45) is 5.92 Å². The Balaban J connectivity index is 2.31. The number of nitrogens with two attached hydrogens (primary N) is 1. The zero-order chi connectivity index (χ0) is 15.6. The van der Waals surface area contributed by atoms with Crippen LogP contribution in [0.15, 0.2) is 12.1 Å². The number of anilines is 2. The van der Waals surface area contributed by atoms with E-state index in [-0.39, 0.29) is 17.7 Å². The molecule has 0 bridgehead atoms. The summed E-state index contributed by atoms with van der Waals surface area (Å²) in [7, 11) is 0. The van der Waals surface area contributed by atoms with Gasteiger partial charge in [-0.15, -0.1) is 0 Å². The first-order valence-electron chi connectivity index (χ1n) is 7.39. The van der Waals surface area contributed by atoms with E-state index < -0.39 is 5.97 Å². The van der Waals surface area contributed by atoms with Crippen molar-refractivity contribution in [3.05, 3.63) is 23.3 Å². The number of carbonyl (C=O) groups is 1. The first-order valence-corrected chi connectivity index (χ1v) is 7.39. The Morgan fingerprint density at radius 3 is 2.81 bits per heavy atom. The molecule has 1 saturated carbocycles. The summed E-state index contributed by atoms with van der Waals surface area (Å²) in [5.41, 5.74) is 7.29. The number of rotatable bonds is 4. The van der Waals surface area contributed by atoms with E-state index in [0.29, 0.717) is 17.3 Å². The van der Waals surface area contributed by atoms with Crippen LogP contribution in [0.2, 0.25) is 0 Å². The molecule has 1 aliphatic carbocycles. The van der Waals surface area contributed by atoms with E-state index in [9.17, 15) is 15.0 Å². The Hall–Kier alpha value is -1.75. The van der Waals surface area contributed by atoms with Crippen LogP contribution in [0.3, 0.4) is 0 Å². The highest BCUT2D eigenvalue weighted by atomic mass is 16.4. The molecule has 116 valence electrons. The van der Waals surface area contributed by atoms with Gasteiger partial charge in [0, 0.05) is 11.4 Å². The second-order valence-electron chi connectivity index (χ2n) is 6.32. The highest BCUT2D eigenvalue weighted by Gasteiger charge is 2.34. The SMILES string of the molecule is Cc1cc(NC2(CO)CCCC(C)C2)cc(C(=O)O)c1N. The molecule has 0 saturated heterocycles. The third-order valence-electron chi connectivity index (χ3n) is 4.42. The van der Waals surface area contributed by atoms with Crippen LogP contribution in [-0.4, -0.2) is 28.3 Å². The van der Waals surface area contributed by atoms with Gasteiger partial charge in [-0.2, -0.15) is 0 Å². The van der Waals surface area contributed by atoms with Gasteiger partial charge in [0.25, 0.3) is 0 Å². The van der Waals surface area contributed by atoms with Crippen LogP contribution in [0.25, 0.3) is 0 Å². The fourth-order valence-corrected chi connectivity index (χ4v) is 3.31. The van der Waals surface area contributed by atoms with Gasteiger partial charge in [0.05, 0.1) is 17.7 Å². The van der Waals surface area contributed by atoms with E-state index in [1.165, 1.54) is 6.42 Å². The summed E-state index contributed by atoms with van der Waals surface area (Å²) >= 11 is 0. The van der Waals surface area contributed by atoms with E-state index in [1.807, 2.05) is 6.07 Å². The van der Waals surface area contributed by atoms with Crippen LogP contribution in [-0.2, 0) is 0 Å². The van der Waals surface area contributed by atoms with Gasteiger partial charge >= 0.3 is 5.97 Å². The van der Waals surface area contributed by atoms with Crippen molar-refractivity contribution in [2.75, 3.05) is 17.7 Å². The maximum absolute atomic E-state index is 11.3. The van der Waals surface area contributed by atoms with E-state index in [1.54, 1.807) is 13.0 Å². The molecule has 2 unspecified atom stereocenters. The number of aliphatic hydroxyl groups excluding tert-OH is 1. The summed E-state index contributed by atoms with van der Waals surface area (Å²) in [5, 5.41) is 22.4. The van der Waals surface area contributed by atoms with Crippen molar-refractivity contribution in [2.45, 2.75) is 45.1 Å². The molecular formula is C16H24N2O3. The van der Waals surface area contributed by atoms with Crippen LogP contribution in [0.4, 0.5) is 11.4 Å². The molecule has 5 nitrogen and oxygen atoms in total. The smallest absolute Gasteiger partial charge is 0.337 e. The molecule has 21 heavy (non-hydrogen) atoms. The van der Waals surface area contributed by atoms with Gasteiger partial charge in [-0.25, -0.2) is 4.79 Å². The minimum absolute atomic E-state index is 0.0448. The van der Waals surface area contributed by atoms with Gasteiger partial charge < -0.3 is 21.3 Å². The summed E-state index contributed by atoms with van der Waals surface area (Å²) in [6.45, 7) is 4.02. The monoisotopic (exact) mass is 292 g/mol. The standard InChI is InChI=1S/C16H24N2O3/c1-10-4-3-5-16(8-10,9-19)18-12-6-11(2)14(17)13(7-12)15(20)21/h6-7,10,18-19H,3-5,8-9,17H2,1-2H3,(H,20,21). The topological polar surface area (TPSA) is 95.6 Å². The Bertz CT molecular complexity index is 545. The number of aliphatic hydroxyl groups is 1. The molecule has 5 heteroatoms. The third kappa shape index (κ3) is 3.29. The maximum Gasteiger partial charge on any atom is 0.337 e. The number of nitrogen functional groups attached to an aromatic ring is 1. The number of aryl methyl sites for hydroxylation is 1. The molecule has 1 aromatic rings. The fourth-order valence-electron chi connectivity index (χ4n) is 3.31. The number of hydrogen-bond acceptors (Lipinski definition) is 4. The molecule has 0 radical (unpaired) electrons. The number of nitrogens with one attached hydrogen (secondary N) is 1. The first kappa shape index (κ1) is 15.6. The zero-order valence-electron chi connectivity index (χ0n) is 12.6. The van der Waals surface area contributed by atoms with E-state index in [4.69, 9.17) is 5.73 Å². The summed E-state index contributed by atoms with van der Waals surface area (Å²) in [4.78, 5) is 11.3. The van der Waals surface area contributed by atoms with Crippen LogP contribution < -0.4 is 11.1 Å². The minimum atomic E-state index is -1.03. The average Bonchev–Trinajstić information content (AvgIpc) is 2.42. The van der Waals surface area contributed by atoms with Crippen molar-refractivity contribution in [3.63, 3.8) is 0 Å². The van der Waals surface area contributed by atoms with Crippen molar-refractivity contribution < 1.29 is 15.0 Å². The van der Waals surface area contributed by atoms with Gasteiger partial charge in [0.15, 0.2) is 0 Å². The summed E-state index contributed by atoms with van der Waals surface area (Å²) in [5.74, 6) is -0.485. The van der Waals surface area contributed by atoms with Gasteiger partial charge in [0.1, 0.15) is 0 Å². The lowest BCUT2D eigenvalue weighted by molar-refractivity contribution is 0.0698. The quantitative estimate of drug-likeness (QED) is 0.640. The van der Waals surface area contributed by atoms with Gasteiger partial charge in [-0.3, -0.25) is 0 Å². The van der Waals surface area contributed by atoms with E-state index in [2.05, 4.69) is 12.2 Å². The van der Waals surface area contributed by atoms with E-state index >= 15 is 0 Å². The Morgan fingerprint density at radius 1 is 1.52 bits per heavy atom. The number of hydrogen-bond donors (Lipinski definition) is 4. The van der Waals surface area contributed by atoms with Crippen LogP contribution in [0.1, 0.15) is 48.5 Å². The Labute approximate surface area is 125 Å². The van der Waals surface area contributed by atoms with Crippen LogP contribution in [0, 0.1) is 12.8 Å². The maximum atomic E-state index is 11.3. The second-order valence-corrected chi connectivity index (χ2v) is 6.32. The average molecular weight is 292 g/mol. The fraction of sp³-hybridized carbons (Fsp3) is 0.562. The summed E-state index contributed by atoms with van der Waals surface area (Å²) in [6, 6.07) is 3.40. The number of benzene rings is 1. The number of carboxylic acid groups (broad SMARTS) is 1. The van der Waals surface area contributed by atoms with Gasteiger partial charge in [0.2, 0.25) is 0 Å². The number of aromatic carboxylic acids is 1. The molecule has 1 aromatic carbocycles. The Kier molecular flexibility index (Phi) is 4.42. The second kappa shape index (κ2) is 5.93. The molecule has 0 aliphatic heterocycles. The molecule has 5 N–H and O–H groups in total. The molecule has 1 fully saturated rings. The molecule has 0 amide bonds. The van der Waals surface area contributed by atoms with Crippen LogP contribution >= 0.6 is 0 Å². The highest BCUT2D eigenvalue weighted by Crippen LogP contribution is 2.35. The molecular weight excluding hydrogens is 268 g/mol. The molecule has 2 atom stereocenters. The van der Waals surface area contributed by atoms with Crippen molar-refractivity contribution in [3.8, 4) is 0 Å². The summed E-state index contributed by atoms with van der Waals surface area (Å²) in [6.07, 6.45) is 4.01. The van der Waals surface area contributed by atoms with Crippen molar-refractivity contribution >= 4 is 17.3 Å². The molecule has 1 aliphatic rings. The first-order chi connectivity index (χ1) is 9.87. The molecule has 0 spiro atoms. The largest absolute Gasteiger partial charge is 0.478 e. The zero-order valence-corrected chi connectivity index (χ0v) is 12.6. The molecule has 0 heterocycles. The van der Waals surface area contributed by atoms with E-state index in [0.717, 1.165) is 24.8 Å². The highest BCUT2D eigenvalue weighted by molar-refractivity contribution is 5.95. The lowest BCUT2D eigenvalue weighted by Crippen LogP contribution is -2.45. The normalized spacial score (nSPS) is 25.6. The molecule has 0 aromatic heterocycles. The summed E-state index contributed by atoms with van der Waals surface area (Å²) < 4.78 is 0. The Morgan fingerprint density at radius 2 is 2.24 bits per heavy atom. The lowest BCUT2D eigenvalue weighted by atomic mass is 9.76. The predicted molar refractivity (Wildman–Crippen MR) is 83.6 cm³/mol. The minimum Gasteiger partial charge on any atom is -0.478 e. The lowest BCUT2D eigenvalue weighted by Gasteiger charge is -2.40. The third-order valence-corrected chi connectivity index (χ3v) is 4.42. The van der Waals surface area contributed by atoms with Gasteiger partial charge in [-0.1, -0.05) is 19.8 Å². The predicted octanol–water partition coefficient (Wildman–Crippen LogP) is 2.63. The van der Waals surface area contributed by atoms with Crippen molar-refractivity contribution in [1.82, 2.24) is 0 Å². The van der Waals surface area contributed by atoms with Crippen molar-refractivity contribution in [1.29, 1.82) is 0 Å². The van der Waals surface area contributed by atoms with Crippen LogP contribution in [0.5, 0.6) is 0 Å². The molecule has 2 rings (SSSR count). The van der Waals surface area contributed by atoms with Gasteiger partial charge in [-0.05, 0) is 43.4 Å². The number of carboxylic acids is 1.